The van der Waals surface area contributed by atoms with E-state index in [0.29, 0.717) is 16.8 Å². The van der Waals surface area contributed by atoms with Gasteiger partial charge in [0.2, 0.25) is 5.88 Å². The Balaban J connectivity index is 1.85. The van der Waals surface area contributed by atoms with Crippen LogP contribution < -0.4 is 0 Å². The molecule has 0 radical (unpaired) electrons. The van der Waals surface area contributed by atoms with Crippen LogP contribution in [0.1, 0.15) is 11.6 Å². The Bertz CT molecular complexity index is 947. The number of aromatic nitrogens is 1. The molecule has 4 nitrogen and oxygen atoms in total. The summed E-state index contributed by atoms with van der Waals surface area (Å²) in [6.07, 6.45) is 0. The fourth-order valence-electron chi connectivity index (χ4n) is 2.90. The maximum atomic E-state index is 10.7. The number of aromatic hydroxyl groups is 1. The van der Waals surface area contributed by atoms with Crippen molar-refractivity contribution in [3.8, 4) is 5.88 Å². The van der Waals surface area contributed by atoms with E-state index in [1.54, 1.807) is 0 Å². The lowest BCUT2D eigenvalue weighted by Gasteiger charge is -2.27. The van der Waals surface area contributed by atoms with Crippen molar-refractivity contribution >= 4 is 45.6 Å². The molecule has 2 aromatic carbocycles. The minimum atomic E-state index is 0.161. The van der Waals surface area contributed by atoms with Crippen LogP contribution in [0.15, 0.2) is 52.7 Å². The third-order valence-corrected chi connectivity index (χ3v) is 5.64. The summed E-state index contributed by atoms with van der Waals surface area (Å²) in [5.74, 6) is 2.15. The van der Waals surface area contributed by atoms with Gasteiger partial charge in [-0.2, -0.15) is 16.9 Å². The van der Waals surface area contributed by atoms with Crippen molar-refractivity contribution in [2.24, 2.45) is 10.2 Å². The summed E-state index contributed by atoms with van der Waals surface area (Å²) in [5, 5.41) is 20.8. The number of hydrogen-bond acceptors (Lipinski definition) is 4. The van der Waals surface area contributed by atoms with Gasteiger partial charge in [-0.05, 0) is 42.8 Å². The summed E-state index contributed by atoms with van der Waals surface area (Å²) in [7, 11) is 0. The molecule has 3 aromatic rings. The van der Waals surface area contributed by atoms with Gasteiger partial charge in [-0.1, -0.05) is 23.7 Å². The first-order valence-electron chi connectivity index (χ1n) is 7.72. The van der Waals surface area contributed by atoms with E-state index < -0.39 is 0 Å². The van der Waals surface area contributed by atoms with Crippen LogP contribution in [0.4, 0.5) is 11.4 Å². The quantitative estimate of drug-likeness (QED) is 0.583. The van der Waals surface area contributed by atoms with E-state index in [4.69, 9.17) is 11.6 Å². The molecule has 1 aliphatic rings. The Morgan fingerprint density at radius 1 is 1.17 bits per heavy atom. The molecule has 1 fully saturated rings. The van der Waals surface area contributed by atoms with Crippen molar-refractivity contribution in [3.63, 3.8) is 0 Å². The highest BCUT2D eigenvalue weighted by atomic mass is 35.5. The Morgan fingerprint density at radius 2 is 2.00 bits per heavy atom. The van der Waals surface area contributed by atoms with Crippen LogP contribution in [0.3, 0.4) is 0 Å². The lowest BCUT2D eigenvalue weighted by Crippen LogP contribution is -2.22. The first-order chi connectivity index (χ1) is 11.6. The third kappa shape index (κ3) is 2.68. The van der Waals surface area contributed by atoms with E-state index >= 15 is 0 Å². The predicted molar refractivity (Wildman–Crippen MR) is 100 cm³/mol. The zero-order chi connectivity index (χ0) is 16.7. The summed E-state index contributed by atoms with van der Waals surface area (Å²) >= 11 is 8.02. The molecule has 0 saturated carbocycles. The van der Waals surface area contributed by atoms with Gasteiger partial charge >= 0.3 is 0 Å². The van der Waals surface area contributed by atoms with Crippen LogP contribution in [-0.4, -0.2) is 21.2 Å². The molecule has 0 bridgehead atoms. The van der Waals surface area contributed by atoms with E-state index in [9.17, 15) is 5.11 Å². The Hall–Kier alpha value is -1.98. The maximum Gasteiger partial charge on any atom is 0.221 e. The summed E-state index contributed by atoms with van der Waals surface area (Å²) in [6.45, 7) is 2.01. The molecule has 1 N–H and O–H groups in total. The molecule has 0 spiro atoms. The lowest BCUT2D eigenvalue weighted by atomic mass is 10.2. The van der Waals surface area contributed by atoms with Crippen molar-refractivity contribution in [1.29, 1.82) is 0 Å². The number of rotatable bonds is 3. The molecule has 1 saturated heterocycles. The topological polar surface area (TPSA) is 49.9 Å². The van der Waals surface area contributed by atoms with Crippen LogP contribution in [0.5, 0.6) is 5.88 Å². The van der Waals surface area contributed by atoms with Gasteiger partial charge in [0.15, 0.2) is 5.69 Å². The molecule has 0 atom stereocenters. The molecule has 1 aromatic heterocycles. The average Bonchev–Trinajstić information content (AvgIpc) is 2.76. The average molecular weight is 358 g/mol. The van der Waals surface area contributed by atoms with Crippen LogP contribution >= 0.6 is 23.4 Å². The fraction of sp³-hybridized carbons (Fsp3) is 0.222. The molecule has 0 aliphatic carbocycles. The molecule has 0 unspecified atom stereocenters. The predicted octanol–water partition coefficient (Wildman–Crippen LogP) is 6.01. The van der Waals surface area contributed by atoms with Crippen LogP contribution in [0.2, 0.25) is 5.02 Å². The third-order valence-electron chi connectivity index (χ3n) is 4.17. The Morgan fingerprint density at radius 3 is 2.71 bits per heavy atom. The maximum absolute atomic E-state index is 10.7. The smallest absolute Gasteiger partial charge is 0.221 e. The number of nitrogens with zero attached hydrogens (tertiary/aromatic N) is 3. The van der Waals surface area contributed by atoms with Crippen molar-refractivity contribution in [2.75, 3.05) is 11.5 Å². The molecular weight excluding hydrogens is 342 g/mol. The highest BCUT2D eigenvalue weighted by Crippen LogP contribution is 2.45. The van der Waals surface area contributed by atoms with Crippen LogP contribution in [-0.2, 0) is 0 Å². The van der Waals surface area contributed by atoms with Crippen molar-refractivity contribution in [3.05, 3.63) is 53.1 Å². The van der Waals surface area contributed by atoms with Gasteiger partial charge in [0.1, 0.15) is 0 Å². The Labute approximate surface area is 149 Å². The molecule has 6 heteroatoms. The van der Waals surface area contributed by atoms with Crippen LogP contribution in [0, 0.1) is 6.92 Å². The summed E-state index contributed by atoms with van der Waals surface area (Å²) in [5.41, 5.74) is 3.30. The zero-order valence-electron chi connectivity index (χ0n) is 13.1. The number of halogens is 1. The van der Waals surface area contributed by atoms with Crippen LogP contribution in [0.25, 0.3) is 10.9 Å². The molecule has 24 heavy (non-hydrogen) atoms. The number of azo groups is 1. The molecule has 0 amide bonds. The summed E-state index contributed by atoms with van der Waals surface area (Å²) < 4.78 is 1.95. The highest BCUT2D eigenvalue weighted by molar-refractivity contribution is 8.00. The minimum absolute atomic E-state index is 0.161. The molecule has 122 valence electrons. The van der Waals surface area contributed by atoms with Gasteiger partial charge in [0.05, 0.1) is 17.2 Å². The second-order valence-corrected chi connectivity index (χ2v) is 7.45. The van der Waals surface area contributed by atoms with E-state index in [-0.39, 0.29) is 5.88 Å². The number of hydrogen-bond donors (Lipinski definition) is 1. The van der Waals surface area contributed by atoms with E-state index in [2.05, 4.69) is 10.2 Å². The normalized spacial score (nSPS) is 15.2. The molecule has 2 heterocycles. The van der Waals surface area contributed by atoms with Gasteiger partial charge in [0, 0.05) is 21.9 Å². The lowest BCUT2D eigenvalue weighted by molar-refractivity contribution is 0.406. The SMILES string of the molecule is Cc1cccc(N=Nc2c(O)n(C3CSC3)c3ccc(Cl)cc23)c1. The van der Waals surface area contributed by atoms with Gasteiger partial charge in [-0.25, -0.2) is 0 Å². The molecule has 1 aliphatic heterocycles. The highest BCUT2D eigenvalue weighted by Gasteiger charge is 2.27. The van der Waals surface area contributed by atoms with Gasteiger partial charge in [-0.15, -0.1) is 5.11 Å². The number of fused-ring (bicyclic) bond motifs is 1. The number of thioether (sulfide) groups is 1. The fourth-order valence-corrected chi connectivity index (χ4v) is 3.81. The summed E-state index contributed by atoms with van der Waals surface area (Å²) in [4.78, 5) is 0. The zero-order valence-corrected chi connectivity index (χ0v) is 14.7. The standard InChI is InChI=1S/C18H16ClN3OS/c1-11-3-2-4-13(7-11)20-21-17-15-8-12(19)5-6-16(15)22(18(17)23)14-9-24-10-14/h2-8,14,23H,9-10H2,1H3. The van der Waals surface area contributed by atoms with Crippen molar-refractivity contribution in [2.45, 2.75) is 13.0 Å². The van der Waals surface area contributed by atoms with Gasteiger partial charge in [-0.3, -0.25) is 0 Å². The first kappa shape index (κ1) is 15.5. The number of aryl methyl sites for hydroxylation is 1. The monoisotopic (exact) mass is 357 g/mol. The van der Waals surface area contributed by atoms with E-state index in [1.165, 1.54) is 0 Å². The van der Waals surface area contributed by atoms with Crippen molar-refractivity contribution < 1.29 is 5.11 Å². The van der Waals surface area contributed by atoms with Crippen molar-refractivity contribution in [1.82, 2.24) is 4.57 Å². The molecule has 4 rings (SSSR count). The van der Waals surface area contributed by atoms with E-state index in [1.807, 2.05) is 65.7 Å². The minimum Gasteiger partial charge on any atom is -0.493 e. The van der Waals surface area contributed by atoms with E-state index in [0.717, 1.165) is 33.7 Å². The van der Waals surface area contributed by atoms with Gasteiger partial charge in [0.25, 0.3) is 0 Å². The largest absolute Gasteiger partial charge is 0.493 e. The number of benzene rings is 2. The summed E-state index contributed by atoms with van der Waals surface area (Å²) in [6, 6.07) is 13.7. The molecular formula is C18H16ClN3OS. The van der Waals surface area contributed by atoms with Gasteiger partial charge < -0.3 is 9.67 Å². The Kier molecular flexibility index (Phi) is 3.98. The first-order valence-corrected chi connectivity index (χ1v) is 9.25. The second kappa shape index (κ2) is 6.15. The second-order valence-electron chi connectivity index (χ2n) is 5.93.